The lowest BCUT2D eigenvalue weighted by Gasteiger charge is -2.25. The first-order valence-electron chi connectivity index (χ1n) is 6.96. The van der Waals surface area contributed by atoms with Crippen LogP contribution in [0.5, 0.6) is 0 Å². The molecule has 3 heterocycles. The number of aryl methyl sites for hydroxylation is 1. The summed E-state index contributed by atoms with van der Waals surface area (Å²) in [6.45, 7) is 4.38. The van der Waals surface area contributed by atoms with Gasteiger partial charge in [0, 0.05) is 38.6 Å². The number of nitrogens with zero attached hydrogens (tertiary/aromatic N) is 3. The number of ether oxygens (including phenoxy) is 2. The van der Waals surface area contributed by atoms with Crippen LogP contribution in [-0.2, 0) is 26.5 Å². The van der Waals surface area contributed by atoms with E-state index in [9.17, 15) is 8.42 Å². The summed E-state index contributed by atoms with van der Waals surface area (Å²) in [7, 11) is -0.119. The van der Waals surface area contributed by atoms with Gasteiger partial charge in [-0.1, -0.05) is 0 Å². The van der Waals surface area contributed by atoms with Crippen molar-refractivity contribution in [2.45, 2.75) is 11.8 Å². The summed E-state index contributed by atoms with van der Waals surface area (Å²) in [6, 6.07) is 0. The molecule has 1 aromatic rings. The predicted octanol–water partition coefficient (Wildman–Crippen LogP) is 0.0120. The highest BCUT2D eigenvalue weighted by atomic mass is 32.2. The van der Waals surface area contributed by atoms with Crippen LogP contribution < -0.4 is 0 Å². The first kappa shape index (κ1) is 15.0. The third-order valence-electron chi connectivity index (χ3n) is 4.73. The van der Waals surface area contributed by atoms with Crippen LogP contribution >= 0.6 is 0 Å². The van der Waals surface area contributed by atoms with E-state index in [4.69, 9.17) is 9.47 Å². The summed E-state index contributed by atoms with van der Waals surface area (Å²) in [5, 5.41) is 4.04. The summed E-state index contributed by atoms with van der Waals surface area (Å²) < 4.78 is 39.7. The topological polar surface area (TPSA) is 73.7 Å². The van der Waals surface area contributed by atoms with Crippen LogP contribution in [0.25, 0.3) is 0 Å². The molecule has 3 rings (SSSR count). The van der Waals surface area contributed by atoms with Gasteiger partial charge in [0.25, 0.3) is 0 Å². The largest absolute Gasteiger partial charge is 0.384 e. The van der Waals surface area contributed by atoms with Crippen LogP contribution in [0.1, 0.15) is 5.69 Å². The van der Waals surface area contributed by atoms with E-state index in [1.165, 1.54) is 6.20 Å². The normalized spacial score (nSPS) is 30.0. The highest BCUT2D eigenvalue weighted by Crippen LogP contribution is 2.43. The molecule has 21 heavy (non-hydrogen) atoms. The number of aromatic nitrogens is 2. The van der Waals surface area contributed by atoms with E-state index in [1.807, 2.05) is 0 Å². The van der Waals surface area contributed by atoms with Gasteiger partial charge in [0.15, 0.2) is 0 Å². The molecule has 2 aliphatic heterocycles. The minimum absolute atomic E-state index is 0.198. The van der Waals surface area contributed by atoms with E-state index >= 15 is 0 Å². The van der Waals surface area contributed by atoms with Crippen LogP contribution in [0, 0.1) is 18.3 Å². The van der Waals surface area contributed by atoms with Crippen molar-refractivity contribution in [3.05, 3.63) is 11.9 Å². The van der Waals surface area contributed by atoms with Gasteiger partial charge in [-0.25, -0.2) is 8.42 Å². The molecule has 2 atom stereocenters. The van der Waals surface area contributed by atoms with Gasteiger partial charge in [-0.05, 0) is 6.92 Å². The summed E-state index contributed by atoms with van der Waals surface area (Å²) in [6.07, 6.45) is 1.43. The number of rotatable bonds is 4. The first-order valence-corrected chi connectivity index (χ1v) is 8.40. The van der Waals surface area contributed by atoms with Crippen molar-refractivity contribution in [1.29, 1.82) is 0 Å². The van der Waals surface area contributed by atoms with Gasteiger partial charge in [-0.15, -0.1) is 0 Å². The molecule has 8 heteroatoms. The lowest BCUT2D eigenvalue weighted by molar-refractivity contribution is 0.0601. The van der Waals surface area contributed by atoms with Crippen molar-refractivity contribution >= 4 is 10.0 Å². The highest BCUT2D eigenvalue weighted by Gasteiger charge is 2.53. The lowest BCUT2D eigenvalue weighted by atomic mass is 9.82. The Morgan fingerprint density at radius 2 is 2.33 bits per heavy atom. The molecule has 0 aliphatic carbocycles. The van der Waals surface area contributed by atoms with Gasteiger partial charge in [0.05, 0.1) is 31.7 Å². The second kappa shape index (κ2) is 5.05. The van der Waals surface area contributed by atoms with Crippen LogP contribution in [0.2, 0.25) is 0 Å². The quantitative estimate of drug-likeness (QED) is 0.783. The zero-order chi connectivity index (χ0) is 15.3. The molecular formula is C13H21N3O4S. The predicted molar refractivity (Wildman–Crippen MR) is 75.3 cm³/mol. The Kier molecular flexibility index (Phi) is 3.59. The Hall–Kier alpha value is -0.960. The average molecular weight is 315 g/mol. The number of sulfonamides is 1. The second-order valence-electron chi connectivity index (χ2n) is 6.02. The molecule has 1 aromatic heterocycles. The van der Waals surface area contributed by atoms with E-state index in [1.54, 1.807) is 30.1 Å². The molecule has 2 saturated heterocycles. The van der Waals surface area contributed by atoms with Gasteiger partial charge in [-0.3, -0.25) is 4.68 Å². The smallest absolute Gasteiger partial charge is 0.246 e. The Morgan fingerprint density at radius 3 is 2.95 bits per heavy atom. The van der Waals surface area contributed by atoms with Gasteiger partial charge in [0.1, 0.15) is 4.90 Å². The molecule has 0 spiro atoms. The summed E-state index contributed by atoms with van der Waals surface area (Å²) in [5.74, 6) is 0.198. The molecule has 2 aliphatic rings. The van der Waals surface area contributed by atoms with Gasteiger partial charge < -0.3 is 9.47 Å². The molecular weight excluding hydrogens is 294 g/mol. The average Bonchev–Trinajstić information content (AvgIpc) is 3.04. The molecule has 0 N–H and O–H groups in total. The summed E-state index contributed by atoms with van der Waals surface area (Å²) in [4.78, 5) is 0.290. The van der Waals surface area contributed by atoms with Crippen molar-refractivity contribution in [3.63, 3.8) is 0 Å². The molecule has 118 valence electrons. The first-order chi connectivity index (χ1) is 9.90. The zero-order valence-corrected chi connectivity index (χ0v) is 13.4. The van der Waals surface area contributed by atoms with Crippen molar-refractivity contribution in [1.82, 2.24) is 14.1 Å². The molecule has 0 bridgehead atoms. The third kappa shape index (κ3) is 2.21. The second-order valence-corrected chi connectivity index (χ2v) is 7.93. The molecule has 7 nitrogen and oxygen atoms in total. The Balaban J connectivity index is 1.90. The van der Waals surface area contributed by atoms with Crippen LogP contribution in [0.15, 0.2) is 11.1 Å². The van der Waals surface area contributed by atoms with Crippen molar-refractivity contribution in [3.8, 4) is 0 Å². The lowest BCUT2D eigenvalue weighted by Crippen LogP contribution is -2.37. The fourth-order valence-electron chi connectivity index (χ4n) is 3.33. The maximum Gasteiger partial charge on any atom is 0.246 e. The van der Waals surface area contributed by atoms with Gasteiger partial charge in [-0.2, -0.15) is 9.40 Å². The SMILES string of the molecule is COC[C@@]12COC[C@@H]1CN(S(=O)(=O)c1cnn(C)c1C)C2. The van der Waals surface area contributed by atoms with Crippen molar-refractivity contribution in [2.24, 2.45) is 18.4 Å². The molecule has 0 amide bonds. The monoisotopic (exact) mass is 315 g/mol. The molecule has 0 aromatic carbocycles. The molecule has 0 unspecified atom stereocenters. The fourth-order valence-corrected chi connectivity index (χ4v) is 5.10. The zero-order valence-electron chi connectivity index (χ0n) is 12.6. The van der Waals surface area contributed by atoms with Crippen molar-refractivity contribution in [2.75, 3.05) is 40.0 Å². The van der Waals surface area contributed by atoms with E-state index in [0.717, 1.165) is 0 Å². The molecule has 0 radical (unpaired) electrons. The Bertz CT molecular complexity index is 642. The van der Waals surface area contributed by atoms with Gasteiger partial charge >= 0.3 is 0 Å². The van der Waals surface area contributed by atoms with Crippen LogP contribution in [0.4, 0.5) is 0 Å². The summed E-state index contributed by atoms with van der Waals surface area (Å²) >= 11 is 0. The van der Waals surface area contributed by atoms with Crippen LogP contribution in [-0.4, -0.2) is 62.5 Å². The van der Waals surface area contributed by atoms with E-state index in [0.29, 0.717) is 43.5 Å². The van der Waals surface area contributed by atoms with E-state index in [2.05, 4.69) is 5.10 Å². The van der Waals surface area contributed by atoms with E-state index < -0.39 is 10.0 Å². The van der Waals surface area contributed by atoms with Gasteiger partial charge in [0.2, 0.25) is 10.0 Å². The number of hydrogen-bond donors (Lipinski definition) is 0. The maximum atomic E-state index is 12.8. The van der Waals surface area contributed by atoms with E-state index in [-0.39, 0.29) is 11.3 Å². The minimum atomic E-state index is -3.51. The molecule has 0 saturated carbocycles. The summed E-state index contributed by atoms with van der Waals surface area (Å²) in [5.41, 5.74) is 0.446. The Labute approximate surface area is 124 Å². The minimum Gasteiger partial charge on any atom is -0.384 e. The third-order valence-corrected chi connectivity index (χ3v) is 6.64. The maximum absolute atomic E-state index is 12.8. The fraction of sp³-hybridized carbons (Fsp3) is 0.769. The number of fused-ring (bicyclic) bond motifs is 1. The van der Waals surface area contributed by atoms with Crippen LogP contribution in [0.3, 0.4) is 0 Å². The molecule has 2 fully saturated rings. The van der Waals surface area contributed by atoms with Crippen molar-refractivity contribution < 1.29 is 17.9 Å². The number of hydrogen-bond acceptors (Lipinski definition) is 5. The number of methoxy groups -OCH3 is 1. The Morgan fingerprint density at radius 1 is 1.57 bits per heavy atom. The highest BCUT2D eigenvalue weighted by molar-refractivity contribution is 7.89. The standard InChI is InChI=1S/C13H21N3O4S/c1-10-12(4-14-15(10)2)21(17,18)16-5-11-6-20-9-13(11,7-16)8-19-3/h4,11H,5-9H2,1-3H3/t11-,13-/m0/s1.